The average Bonchev–Trinajstić information content (AvgIpc) is 3.00. The minimum absolute atomic E-state index is 0.185. The van der Waals surface area contributed by atoms with E-state index in [-0.39, 0.29) is 5.82 Å². The van der Waals surface area contributed by atoms with Gasteiger partial charge in [0.25, 0.3) is 0 Å². The summed E-state index contributed by atoms with van der Waals surface area (Å²) in [5.74, 6) is 0.185. The van der Waals surface area contributed by atoms with Crippen LogP contribution in [-0.2, 0) is 0 Å². The number of rotatable bonds is 2. The Labute approximate surface area is 123 Å². The van der Waals surface area contributed by atoms with E-state index >= 15 is 0 Å². The zero-order chi connectivity index (χ0) is 16.0. The molecule has 2 aromatic rings. The maximum Gasteiger partial charge on any atom is 0.408 e. The first-order chi connectivity index (χ1) is 10.5. The van der Waals surface area contributed by atoms with Crippen LogP contribution in [0.25, 0.3) is 11.0 Å². The number of aliphatic hydroxyl groups is 3. The molecule has 3 rings (SSSR count). The van der Waals surface area contributed by atoms with Gasteiger partial charge in [0.1, 0.15) is 24.1 Å². The van der Waals surface area contributed by atoms with Gasteiger partial charge in [0.05, 0.1) is 24.2 Å². The number of aromatic nitrogens is 3. The average molecular weight is 309 g/mol. The largest absolute Gasteiger partial charge is 0.465 e. The van der Waals surface area contributed by atoms with Crippen molar-refractivity contribution in [3.05, 3.63) is 18.1 Å². The molecule has 1 amide bonds. The van der Waals surface area contributed by atoms with Crippen molar-refractivity contribution in [2.24, 2.45) is 0 Å². The van der Waals surface area contributed by atoms with E-state index in [0.29, 0.717) is 16.6 Å². The van der Waals surface area contributed by atoms with E-state index in [1.54, 1.807) is 0 Å². The fraction of sp³-hybridized carbons (Fsp3) is 0.417. The molecule has 1 fully saturated rings. The number of hydrogen-bond acceptors (Lipinski definition) is 7. The molecule has 4 atom stereocenters. The number of nitrogen functional groups attached to an aromatic ring is 1. The number of aliphatic hydroxyl groups excluding tert-OH is 3. The summed E-state index contributed by atoms with van der Waals surface area (Å²) in [6, 6.07) is -2.20. The molecule has 10 heteroatoms. The zero-order valence-electron chi connectivity index (χ0n) is 11.3. The van der Waals surface area contributed by atoms with Crippen molar-refractivity contribution in [2.75, 3.05) is 12.3 Å². The van der Waals surface area contributed by atoms with Crippen LogP contribution in [0.2, 0.25) is 0 Å². The van der Waals surface area contributed by atoms with Gasteiger partial charge in [-0.05, 0) is 0 Å². The summed E-state index contributed by atoms with van der Waals surface area (Å²) >= 11 is 0. The molecule has 0 spiro atoms. The summed E-state index contributed by atoms with van der Waals surface area (Å²) < 4.78 is 0. The predicted octanol–water partition coefficient (Wildman–Crippen LogP) is -1.34. The summed E-state index contributed by atoms with van der Waals surface area (Å²) in [4.78, 5) is 23.0. The molecule has 0 bridgehead atoms. The molecule has 7 N–H and O–H groups in total. The lowest BCUT2D eigenvalue weighted by atomic mass is 10.0. The minimum atomic E-state index is -1.41. The van der Waals surface area contributed by atoms with Crippen LogP contribution in [0.4, 0.5) is 10.6 Å². The van der Waals surface area contributed by atoms with Gasteiger partial charge in [-0.3, -0.25) is 4.90 Å². The molecule has 1 aliphatic heterocycles. The van der Waals surface area contributed by atoms with Crippen molar-refractivity contribution < 1.29 is 25.2 Å². The highest BCUT2D eigenvalue weighted by Crippen LogP contribution is 2.39. The fourth-order valence-corrected chi connectivity index (χ4v) is 2.94. The van der Waals surface area contributed by atoms with Crippen molar-refractivity contribution in [1.82, 2.24) is 19.9 Å². The monoisotopic (exact) mass is 309 g/mol. The number of amides is 1. The number of hydrogen-bond donors (Lipinski definition) is 6. The predicted molar refractivity (Wildman–Crippen MR) is 73.8 cm³/mol. The van der Waals surface area contributed by atoms with E-state index in [1.807, 2.05) is 0 Å². The quantitative estimate of drug-likeness (QED) is 0.396. The normalized spacial score (nSPS) is 28.4. The Morgan fingerprint density at radius 3 is 2.73 bits per heavy atom. The molecule has 3 heterocycles. The Morgan fingerprint density at radius 2 is 2.09 bits per heavy atom. The van der Waals surface area contributed by atoms with Crippen LogP contribution in [0.1, 0.15) is 11.6 Å². The van der Waals surface area contributed by atoms with E-state index in [4.69, 9.17) is 5.73 Å². The standard InChI is InChI=1S/C12H15N5O5/c13-11-7-6(15-3-16-11)4(1-14-7)8-10(20)9(19)5(2-18)17(8)12(21)22/h1,3,5,8-10,14,18-20H,2H2,(H,21,22)(H2,13,15,16). The van der Waals surface area contributed by atoms with Gasteiger partial charge in [0.15, 0.2) is 5.82 Å². The van der Waals surface area contributed by atoms with Crippen LogP contribution in [0.3, 0.4) is 0 Å². The van der Waals surface area contributed by atoms with Crippen LogP contribution in [0, 0.1) is 0 Å². The van der Waals surface area contributed by atoms with E-state index in [9.17, 15) is 25.2 Å². The van der Waals surface area contributed by atoms with Crippen LogP contribution in [0.15, 0.2) is 12.5 Å². The summed E-state index contributed by atoms with van der Waals surface area (Å²) in [5, 5.41) is 38.9. The summed E-state index contributed by atoms with van der Waals surface area (Å²) in [7, 11) is 0. The van der Waals surface area contributed by atoms with E-state index < -0.39 is 37.0 Å². The van der Waals surface area contributed by atoms with Gasteiger partial charge in [-0.1, -0.05) is 0 Å². The molecule has 0 radical (unpaired) electrons. The Bertz CT molecular complexity index is 719. The minimum Gasteiger partial charge on any atom is -0.465 e. The molecule has 1 saturated heterocycles. The molecule has 0 aromatic carbocycles. The lowest BCUT2D eigenvalue weighted by Crippen LogP contribution is -2.42. The van der Waals surface area contributed by atoms with Crippen LogP contribution < -0.4 is 5.73 Å². The van der Waals surface area contributed by atoms with Crippen molar-refractivity contribution >= 4 is 22.9 Å². The van der Waals surface area contributed by atoms with Crippen LogP contribution in [0.5, 0.6) is 0 Å². The number of nitrogens with one attached hydrogen (secondary N) is 1. The molecule has 1 aliphatic rings. The van der Waals surface area contributed by atoms with Gasteiger partial charge in [0, 0.05) is 11.8 Å². The second-order valence-corrected chi connectivity index (χ2v) is 5.09. The van der Waals surface area contributed by atoms with Crippen LogP contribution in [-0.4, -0.2) is 71.2 Å². The highest BCUT2D eigenvalue weighted by molar-refractivity contribution is 5.87. The summed E-state index contributed by atoms with van der Waals surface area (Å²) in [6.07, 6.45) is -1.48. The van der Waals surface area contributed by atoms with E-state index in [0.717, 1.165) is 4.90 Å². The van der Waals surface area contributed by atoms with Gasteiger partial charge in [0.2, 0.25) is 0 Å². The molecule has 4 unspecified atom stereocenters. The molecule has 22 heavy (non-hydrogen) atoms. The first-order valence-electron chi connectivity index (χ1n) is 6.53. The lowest BCUT2D eigenvalue weighted by Gasteiger charge is -2.26. The molecule has 118 valence electrons. The third kappa shape index (κ3) is 1.89. The fourth-order valence-electron chi connectivity index (χ4n) is 2.94. The SMILES string of the molecule is Nc1ncnc2c(C3C(O)C(O)C(CO)N3C(=O)O)c[nH]c12. The van der Waals surface area contributed by atoms with E-state index in [2.05, 4.69) is 15.0 Å². The molecule has 10 nitrogen and oxygen atoms in total. The van der Waals surface area contributed by atoms with Crippen molar-refractivity contribution in [3.63, 3.8) is 0 Å². The highest BCUT2D eigenvalue weighted by atomic mass is 16.4. The number of nitrogens with two attached hydrogens (primary N) is 1. The number of carbonyl (C=O) groups is 1. The second kappa shape index (κ2) is 5.09. The molecular formula is C12H15N5O5. The van der Waals surface area contributed by atoms with Crippen molar-refractivity contribution in [2.45, 2.75) is 24.3 Å². The van der Waals surface area contributed by atoms with Gasteiger partial charge in [-0.15, -0.1) is 0 Å². The Balaban J connectivity index is 2.15. The van der Waals surface area contributed by atoms with Gasteiger partial charge >= 0.3 is 6.09 Å². The number of nitrogens with zero attached hydrogens (tertiary/aromatic N) is 3. The van der Waals surface area contributed by atoms with Crippen LogP contribution >= 0.6 is 0 Å². The highest BCUT2D eigenvalue weighted by Gasteiger charge is 2.51. The topological polar surface area (TPSA) is 169 Å². The Kier molecular flexibility index (Phi) is 3.35. The number of anilines is 1. The smallest absolute Gasteiger partial charge is 0.408 e. The Morgan fingerprint density at radius 1 is 1.36 bits per heavy atom. The summed E-state index contributed by atoms with van der Waals surface area (Å²) in [5.41, 5.74) is 6.84. The first kappa shape index (κ1) is 14.5. The number of aromatic amines is 1. The van der Waals surface area contributed by atoms with Gasteiger partial charge in [-0.25, -0.2) is 14.8 Å². The maximum atomic E-state index is 11.5. The molecule has 0 aliphatic carbocycles. The third-order valence-electron chi connectivity index (χ3n) is 3.97. The molecule has 0 saturated carbocycles. The summed E-state index contributed by atoms with van der Waals surface area (Å²) in [6.45, 7) is -0.611. The molecular weight excluding hydrogens is 294 g/mol. The lowest BCUT2D eigenvalue weighted by molar-refractivity contribution is 0.0181. The maximum absolute atomic E-state index is 11.5. The second-order valence-electron chi connectivity index (χ2n) is 5.09. The van der Waals surface area contributed by atoms with E-state index in [1.165, 1.54) is 12.5 Å². The number of carboxylic acid groups (broad SMARTS) is 1. The number of H-pyrrole nitrogens is 1. The van der Waals surface area contributed by atoms with Crippen molar-refractivity contribution in [1.29, 1.82) is 0 Å². The molecule has 2 aromatic heterocycles. The zero-order valence-corrected chi connectivity index (χ0v) is 11.3. The number of likely N-dealkylation sites (tertiary alicyclic amines) is 1. The third-order valence-corrected chi connectivity index (χ3v) is 3.97. The van der Waals surface area contributed by atoms with Gasteiger partial charge in [-0.2, -0.15) is 0 Å². The first-order valence-corrected chi connectivity index (χ1v) is 6.53. The van der Waals surface area contributed by atoms with Crippen molar-refractivity contribution in [3.8, 4) is 0 Å². The number of fused-ring (bicyclic) bond motifs is 1. The Hall–Kier alpha value is -2.43. The van der Waals surface area contributed by atoms with Gasteiger partial charge < -0.3 is 31.1 Å².